The second kappa shape index (κ2) is 2.71. The number of hydrogen-bond acceptors (Lipinski definition) is 1. The van der Waals surface area contributed by atoms with Crippen molar-refractivity contribution in [2.75, 3.05) is 0 Å². The summed E-state index contributed by atoms with van der Waals surface area (Å²) in [5.74, 6) is 3.18. The van der Waals surface area contributed by atoms with Gasteiger partial charge < -0.3 is 0 Å². The van der Waals surface area contributed by atoms with Gasteiger partial charge in [0.1, 0.15) is 0 Å². The van der Waals surface area contributed by atoms with Crippen molar-refractivity contribution in [2.24, 2.45) is 5.73 Å². The maximum absolute atomic E-state index is 10.4. The van der Waals surface area contributed by atoms with Gasteiger partial charge in [-0.25, -0.2) is 0 Å². The first-order chi connectivity index (χ1) is 4.30. The molecule has 0 spiro atoms. The summed E-state index contributed by atoms with van der Waals surface area (Å²) in [6.45, 7) is 5.21. The molecule has 9 heavy (non-hydrogen) atoms. The molecule has 0 aliphatic heterocycles. The zero-order valence-corrected chi connectivity index (χ0v) is 4.87. The van der Waals surface area contributed by atoms with Gasteiger partial charge in [-0.1, -0.05) is 0 Å². The summed E-state index contributed by atoms with van der Waals surface area (Å²) in [5.41, 5.74) is 4.97. The summed E-state index contributed by atoms with van der Waals surface area (Å²) < 4.78 is 0. The van der Waals surface area contributed by atoms with Crippen molar-refractivity contribution in [1.29, 1.82) is 0 Å². The molecule has 1 amide bonds. The Balaban J connectivity index is 2.98. The first kappa shape index (κ1) is 6.40. The number of rotatable bonds is 1. The molecule has 5 heteroatoms. The summed E-state index contributed by atoms with van der Waals surface area (Å²) in [6.07, 6.45) is 0. The van der Waals surface area contributed by atoms with E-state index in [1.165, 1.54) is 0 Å². The molecule has 0 unspecified atom stereocenters. The molecule has 0 radical (unpaired) electrons. The molecule has 0 atom stereocenters. The molecule has 1 heterocycles. The number of nitrogens with two attached hydrogens (primary N) is 1. The van der Waals surface area contributed by atoms with Crippen molar-refractivity contribution < 1.29 is 4.79 Å². The Morgan fingerprint density at radius 3 is 2.33 bits per heavy atom. The Hall–Kier alpha value is -0.725. The Morgan fingerprint density at radius 2 is 2.00 bits per heavy atom. The van der Waals surface area contributed by atoms with Crippen LogP contribution in [0.25, 0.3) is 0 Å². The molecule has 40 valence electrons. The maximum atomic E-state index is 10.4. The van der Waals surface area contributed by atoms with Gasteiger partial charge in [0.05, 0.1) is 0 Å². The molecule has 0 saturated heterocycles. The molecule has 1 aromatic rings. The first-order valence-electron chi connectivity index (χ1n) is 2.65. The molecule has 0 aliphatic rings. The number of hydrogen-bond donors (Lipinski definition) is 1. The monoisotopic (exact) mass is 115 g/mol. The van der Waals surface area contributed by atoms with Gasteiger partial charge in [-0.2, -0.15) is 0 Å². The van der Waals surface area contributed by atoms with Gasteiger partial charge in [-0.05, 0) is 0 Å². The Morgan fingerprint density at radius 1 is 1.44 bits per heavy atom. The van der Waals surface area contributed by atoms with Gasteiger partial charge in [0, 0.05) is 0 Å². The second-order valence-electron chi connectivity index (χ2n) is 1.73. The third kappa shape index (κ3) is 1.59. The van der Waals surface area contributed by atoms with E-state index in [0.29, 0.717) is 5.35 Å². The van der Waals surface area contributed by atoms with E-state index in [0.717, 1.165) is 0 Å². The predicted molar refractivity (Wildman–Crippen MR) is 39.0 cm³/mol. The molecule has 0 aromatic carbocycles. The minimum absolute atomic E-state index is 0.379. The fraction of sp³-hybridized carbons (Fsp3) is 0. The van der Waals surface area contributed by atoms with Crippen LogP contribution >= 0.6 is 0 Å². The Kier molecular flexibility index (Phi) is 1.93. The molecule has 0 aliphatic carbocycles. The average Bonchev–Trinajstić information content (AvgIpc) is 1.90. The van der Waals surface area contributed by atoms with E-state index in [1.807, 2.05) is 6.91 Å². The van der Waals surface area contributed by atoms with Crippen LogP contribution in [0.2, 0.25) is 0 Å². The summed E-state index contributed by atoms with van der Waals surface area (Å²) in [4.78, 5) is 10.4. The topological polar surface area (TPSA) is 43.1 Å². The average molecular weight is 115 g/mol. The van der Waals surface area contributed by atoms with Crippen LogP contribution in [0.3, 0.4) is 0 Å². The fourth-order valence-corrected chi connectivity index (χ4v) is 0.602. The SMILES string of the molecule is NC(=O)c1bcbcb1. The van der Waals surface area contributed by atoms with Crippen LogP contribution in [-0.4, -0.2) is 26.6 Å². The van der Waals surface area contributed by atoms with Crippen molar-refractivity contribution in [3.05, 3.63) is 17.1 Å². The third-order valence-corrected chi connectivity index (χ3v) is 1.06. The molecule has 0 saturated carbocycles. The Labute approximate surface area is 55.1 Å². The van der Waals surface area contributed by atoms with Gasteiger partial charge in [-0.3, -0.25) is 0 Å². The van der Waals surface area contributed by atoms with E-state index < -0.39 is 0 Å². The van der Waals surface area contributed by atoms with E-state index in [9.17, 15) is 4.79 Å². The van der Waals surface area contributed by atoms with E-state index in [2.05, 4.69) is 0 Å². The first-order valence-corrected chi connectivity index (χ1v) is 2.65. The quantitative estimate of drug-likeness (QED) is 0.490. The molecule has 0 bridgehead atoms. The van der Waals surface area contributed by atoms with E-state index in [1.54, 1.807) is 25.5 Å². The summed E-state index contributed by atoms with van der Waals surface area (Å²) >= 11 is 0. The van der Waals surface area contributed by atoms with Crippen molar-refractivity contribution in [2.45, 2.75) is 0 Å². The van der Waals surface area contributed by atoms with Crippen LogP contribution < -0.4 is 5.73 Å². The summed E-state index contributed by atoms with van der Waals surface area (Å²) in [7, 11) is 0. The molecule has 0 fully saturated rings. The van der Waals surface area contributed by atoms with Crippen LogP contribution in [0.4, 0.5) is 0 Å². The third-order valence-electron chi connectivity index (χ3n) is 1.06. The predicted octanol–water partition coefficient (Wildman–Crippen LogP) is -1.20. The number of carbonyl (C=O) groups excluding carboxylic acids is 1. The van der Waals surface area contributed by atoms with Gasteiger partial charge in [0.2, 0.25) is 0 Å². The van der Waals surface area contributed by atoms with Crippen molar-refractivity contribution in [1.82, 2.24) is 0 Å². The van der Waals surface area contributed by atoms with Gasteiger partial charge in [0.15, 0.2) is 0 Å². The van der Waals surface area contributed by atoms with E-state index in [4.69, 9.17) is 5.73 Å². The fourth-order valence-electron chi connectivity index (χ4n) is 0.602. The molecular formula is C4H4B3NO. The van der Waals surface area contributed by atoms with Crippen LogP contribution in [0.15, 0.2) is 11.7 Å². The molecular weight excluding hydrogens is 110 g/mol. The molecule has 2 nitrogen and oxygen atoms in total. The zero-order valence-electron chi connectivity index (χ0n) is 4.87. The number of primary amides is 1. The molecule has 2 N–H and O–H groups in total. The molecule has 1 rings (SSSR count). The summed E-state index contributed by atoms with van der Waals surface area (Å²) in [6, 6.07) is 0. The van der Waals surface area contributed by atoms with Crippen LogP contribution in [0.1, 0.15) is 10.1 Å². The number of carbonyl (C=O) groups is 1. The standard InChI is InChI=1S/C4H4B3NO/c8-4(9)3-6-1-5-2-7-3/h1-2H,(H2,8,9). The minimum atomic E-state index is -0.379. The summed E-state index contributed by atoms with van der Waals surface area (Å²) in [5, 5.41) is 0.553. The van der Waals surface area contributed by atoms with E-state index in [-0.39, 0.29) is 5.91 Å². The van der Waals surface area contributed by atoms with Gasteiger partial charge in [-0.15, -0.1) is 0 Å². The normalized spacial score (nSPS) is 7.56. The van der Waals surface area contributed by atoms with Gasteiger partial charge in [0.25, 0.3) is 0 Å². The van der Waals surface area contributed by atoms with Crippen molar-refractivity contribution in [3.8, 4) is 0 Å². The number of amides is 1. The van der Waals surface area contributed by atoms with E-state index >= 15 is 0 Å². The van der Waals surface area contributed by atoms with Crippen molar-refractivity contribution in [3.63, 3.8) is 0 Å². The van der Waals surface area contributed by atoms with Crippen LogP contribution in [0, 0.1) is 0 Å². The zero-order chi connectivity index (χ0) is 6.69. The van der Waals surface area contributed by atoms with Crippen LogP contribution in [-0.2, 0) is 0 Å². The molecule has 1 aromatic heterocycles. The van der Waals surface area contributed by atoms with Gasteiger partial charge >= 0.3 is 54.2 Å². The van der Waals surface area contributed by atoms with Crippen molar-refractivity contribution >= 4 is 26.6 Å². The second-order valence-corrected chi connectivity index (χ2v) is 1.73. The van der Waals surface area contributed by atoms with Crippen LogP contribution in [0.5, 0.6) is 0 Å². The Bertz CT molecular complexity index is 212.